The maximum Gasteiger partial charge on any atom is 0.127 e. The Morgan fingerprint density at radius 3 is 2.57 bits per heavy atom. The van der Waals surface area contributed by atoms with Crippen LogP contribution in [0, 0.1) is 5.82 Å². The molecule has 1 N–H and O–H groups in total. The van der Waals surface area contributed by atoms with Gasteiger partial charge in [0.05, 0.1) is 12.7 Å². The van der Waals surface area contributed by atoms with E-state index in [1.165, 1.54) is 6.07 Å². The van der Waals surface area contributed by atoms with Gasteiger partial charge in [0, 0.05) is 18.2 Å². The van der Waals surface area contributed by atoms with Crippen LogP contribution in [0.15, 0.2) is 24.3 Å². The smallest absolute Gasteiger partial charge is 0.127 e. The summed E-state index contributed by atoms with van der Waals surface area (Å²) >= 11 is 0. The lowest BCUT2D eigenvalue weighted by Gasteiger charge is -2.23. The predicted octanol–water partition coefficient (Wildman–Crippen LogP) is 3.22. The number of hydrogen-bond acceptors (Lipinski definition) is 3. The van der Waals surface area contributed by atoms with Crippen molar-refractivity contribution in [1.29, 1.82) is 0 Å². The molecule has 0 amide bonds. The summed E-state index contributed by atoms with van der Waals surface area (Å²) in [4.78, 5) is 2.23. The Morgan fingerprint density at radius 2 is 1.95 bits per heavy atom. The maximum absolute atomic E-state index is 13.9. The van der Waals surface area contributed by atoms with Crippen molar-refractivity contribution in [1.82, 2.24) is 10.2 Å². The lowest BCUT2D eigenvalue weighted by atomic mass is 10.0. The van der Waals surface area contributed by atoms with Crippen LogP contribution in [0.4, 0.5) is 4.39 Å². The van der Waals surface area contributed by atoms with Gasteiger partial charge < -0.3 is 15.0 Å². The van der Waals surface area contributed by atoms with Crippen molar-refractivity contribution in [3.05, 3.63) is 35.6 Å². The molecule has 0 fully saturated rings. The highest BCUT2D eigenvalue weighted by Crippen LogP contribution is 2.20. The second kappa shape index (κ2) is 9.87. The highest BCUT2D eigenvalue weighted by atomic mass is 19.1. The summed E-state index contributed by atoms with van der Waals surface area (Å²) in [5.74, 6) is -0.130. The molecule has 3 nitrogen and oxygen atoms in total. The third-order valence-electron chi connectivity index (χ3n) is 3.45. The minimum atomic E-state index is -0.130. The topological polar surface area (TPSA) is 24.5 Å². The SMILES string of the molecule is CCNC(CCN(C)CCOC(C)C)c1ccccc1F. The van der Waals surface area contributed by atoms with E-state index >= 15 is 0 Å². The molecule has 21 heavy (non-hydrogen) atoms. The van der Waals surface area contributed by atoms with Gasteiger partial charge in [-0.1, -0.05) is 25.1 Å². The molecule has 4 heteroatoms. The van der Waals surface area contributed by atoms with Crippen molar-refractivity contribution in [3.63, 3.8) is 0 Å². The van der Waals surface area contributed by atoms with Crippen LogP contribution in [0.25, 0.3) is 0 Å². The van der Waals surface area contributed by atoms with E-state index in [-0.39, 0.29) is 18.0 Å². The third kappa shape index (κ3) is 7.02. The number of rotatable bonds is 10. The Hall–Kier alpha value is -0.970. The normalized spacial score (nSPS) is 13.1. The second-order valence-corrected chi connectivity index (χ2v) is 5.64. The Kier molecular flexibility index (Phi) is 8.50. The van der Waals surface area contributed by atoms with Gasteiger partial charge >= 0.3 is 0 Å². The van der Waals surface area contributed by atoms with Gasteiger partial charge in [-0.15, -0.1) is 0 Å². The molecule has 0 aliphatic rings. The van der Waals surface area contributed by atoms with E-state index in [0.29, 0.717) is 0 Å². The maximum atomic E-state index is 13.9. The van der Waals surface area contributed by atoms with Crippen molar-refractivity contribution in [2.45, 2.75) is 39.3 Å². The van der Waals surface area contributed by atoms with E-state index in [4.69, 9.17) is 4.74 Å². The number of nitrogens with zero attached hydrogens (tertiary/aromatic N) is 1. The van der Waals surface area contributed by atoms with E-state index in [1.807, 2.05) is 32.9 Å². The second-order valence-electron chi connectivity index (χ2n) is 5.64. The predicted molar refractivity (Wildman–Crippen MR) is 86.0 cm³/mol. The van der Waals surface area contributed by atoms with Crippen LogP contribution in [-0.2, 0) is 4.74 Å². The van der Waals surface area contributed by atoms with Gasteiger partial charge in [0.2, 0.25) is 0 Å². The monoisotopic (exact) mass is 296 g/mol. The minimum Gasteiger partial charge on any atom is -0.377 e. The van der Waals surface area contributed by atoms with E-state index in [2.05, 4.69) is 17.3 Å². The molecule has 0 spiro atoms. The van der Waals surface area contributed by atoms with Crippen molar-refractivity contribution in [3.8, 4) is 0 Å². The number of ether oxygens (including phenoxy) is 1. The summed E-state index contributed by atoms with van der Waals surface area (Å²) in [6.07, 6.45) is 1.15. The van der Waals surface area contributed by atoms with Crippen LogP contribution in [0.5, 0.6) is 0 Å². The summed E-state index contributed by atoms with van der Waals surface area (Å²) in [7, 11) is 2.08. The molecule has 0 radical (unpaired) electrons. The molecule has 0 bridgehead atoms. The van der Waals surface area contributed by atoms with E-state index in [9.17, 15) is 4.39 Å². The molecule has 0 aliphatic heterocycles. The van der Waals surface area contributed by atoms with Crippen molar-refractivity contribution < 1.29 is 9.13 Å². The first-order valence-electron chi connectivity index (χ1n) is 7.82. The minimum absolute atomic E-state index is 0.0599. The quantitative estimate of drug-likeness (QED) is 0.717. The first-order valence-corrected chi connectivity index (χ1v) is 7.82. The van der Waals surface area contributed by atoms with E-state index in [0.717, 1.165) is 38.2 Å². The molecule has 1 rings (SSSR count). The Labute approximate surface area is 128 Å². The largest absolute Gasteiger partial charge is 0.377 e. The summed E-state index contributed by atoms with van der Waals surface area (Å²) < 4.78 is 19.5. The van der Waals surface area contributed by atoms with Crippen LogP contribution in [0.2, 0.25) is 0 Å². The van der Waals surface area contributed by atoms with Crippen LogP contribution in [0.1, 0.15) is 38.8 Å². The molecule has 1 aromatic carbocycles. The molecule has 120 valence electrons. The molecule has 0 saturated carbocycles. The fourth-order valence-corrected chi connectivity index (χ4v) is 2.28. The van der Waals surface area contributed by atoms with Gasteiger partial charge in [-0.3, -0.25) is 0 Å². The van der Waals surface area contributed by atoms with Gasteiger partial charge in [0.1, 0.15) is 5.82 Å². The lowest BCUT2D eigenvalue weighted by Crippen LogP contribution is -2.30. The summed E-state index contributed by atoms with van der Waals surface area (Å²) in [6, 6.07) is 7.08. The first-order chi connectivity index (χ1) is 10.0. The van der Waals surface area contributed by atoms with Crippen LogP contribution in [-0.4, -0.2) is 44.3 Å². The van der Waals surface area contributed by atoms with Crippen LogP contribution < -0.4 is 5.32 Å². The fraction of sp³-hybridized carbons (Fsp3) is 0.647. The standard InChI is InChI=1S/C17H29FN2O/c1-5-19-17(15-8-6-7-9-16(15)18)10-11-20(4)12-13-21-14(2)3/h6-9,14,17,19H,5,10-13H2,1-4H3. The Morgan fingerprint density at radius 1 is 1.24 bits per heavy atom. The summed E-state index contributed by atoms with van der Waals surface area (Å²) in [5.41, 5.74) is 0.756. The van der Waals surface area contributed by atoms with E-state index in [1.54, 1.807) is 6.07 Å². The zero-order chi connectivity index (χ0) is 15.7. The van der Waals surface area contributed by atoms with Gasteiger partial charge in [0.25, 0.3) is 0 Å². The zero-order valence-electron chi connectivity index (χ0n) is 13.7. The first kappa shape index (κ1) is 18.1. The van der Waals surface area contributed by atoms with E-state index < -0.39 is 0 Å². The molecule has 1 unspecified atom stereocenters. The molecular formula is C17H29FN2O. The molecule has 0 heterocycles. The summed E-state index contributed by atoms with van der Waals surface area (Å²) in [5, 5.41) is 3.37. The number of likely N-dealkylation sites (N-methyl/N-ethyl adjacent to an activating group) is 1. The highest BCUT2D eigenvalue weighted by molar-refractivity contribution is 5.21. The molecule has 0 aromatic heterocycles. The van der Waals surface area contributed by atoms with Crippen LogP contribution >= 0.6 is 0 Å². The molecular weight excluding hydrogens is 267 g/mol. The number of hydrogen-bond donors (Lipinski definition) is 1. The van der Waals surface area contributed by atoms with Crippen molar-refractivity contribution in [2.24, 2.45) is 0 Å². The lowest BCUT2D eigenvalue weighted by molar-refractivity contribution is 0.0632. The van der Waals surface area contributed by atoms with Crippen molar-refractivity contribution >= 4 is 0 Å². The fourth-order valence-electron chi connectivity index (χ4n) is 2.28. The van der Waals surface area contributed by atoms with Crippen molar-refractivity contribution in [2.75, 3.05) is 33.3 Å². The van der Waals surface area contributed by atoms with Gasteiger partial charge in [-0.2, -0.15) is 0 Å². The van der Waals surface area contributed by atoms with Gasteiger partial charge in [-0.05, 0) is 46.5 Å². The third-order valence-corrected chi connectivity index (χ3v) is 3.45. The molecule has 1 atom stereocenters. The van der Waals surface area contributed by atoms with Gasteiger partial charge in [0.15, 0.2) is 0 Å². The Bertz CT molecular complexity index is 398. The average molecular weight is 296 g/mol. The average Bonchev–Trinajstić information content (AvgIpc) is 2.44. The van der Waals surface area contributed by atoms with Crippen LogP contribution in [0.3, 0.4) is 0 Å². The molecule has 1 aromatic rings. The number of benzene rings is 1. The summed E-state index contributed by atoms with van der Waals surface area (Å²) in [6.45, 7) is 9.51. The zero-order valence-corrected chi connectivity index (χ0v) is 13.7. The highest BCUT2D eigenvalue weighted by Gasteiger charge is 2.14. The molecule has 0 aliphatic carbocycles. The van der Waals surface area contributed by atoms with Gasteiger partial charge in [-0.25, -0.2) is 4.39 Å². The Balaban J connectivity index is 2.46. The number of halogens is 1. The number of nitrogens with one attached hydrogen (secondary N) is 1. The molecule has 0 saturated heterocycles.